The topological polar surface area (TPSA) is 45.2 Å². The fraction of sp³-hybridized carbons (Fsp3) is 0.914. The van der Waals surface area contributed by atoms with Gasteiger partial charge in [0.2, 0.25) is 17.2 Å². The van der Waals surface area contributed by atoms with E-state index in [0.717, 1.165) is 38.1 Å². The Kier molecular flexibility index (Phi) is 21.6. The van der Waals surface area contributed by atoms with Gasteiger partial charge in [0.1, 0.15) is 0 Å². The lowest BCUT2D eigenvalue weighted by Gasteiger charge is -2.33. The number of hydrogen-bond acceptors (Lipinski definition) is 5. The SMILES string of the molecule is CCCCC(CC)CN(CC(CC)CCCC)c1nc(Cl)nc(N(CC(CC)CCCC)CC(CC)CCCC)n1. The first-order valence-corrected chi connectivity index (χ1v) is 18.2. The van der Waals surface area contributed by atoms with Gasteiger partial charge in [0.15, 0.2) is 0 Å². The standard InChI is InChI=1S/C35H68ClN5/c1-9-17-21-29(13-5)25-40(26-30(14-6)22-18-10-2)34-37-33(36)38-35(39-34)41(27-31(15-7)23-19-11-3)28-32(16-8)24-20-12-4/h29-32H,9-28H2,1-8H3. The molecule has 4 atom stereocenters. The third kappa shape index (κ3) is 15.3. The molecular weight excluding hydrogens is 526 g/mol. The molecule has 0 aliphatic rings. The van der Waals surface area contributed by atoms with E-state index in [-0.39, 0.29) is 0 Å². The van der Waals surface area contributed by atoms with Crippen molar-refractivity contribution >= 4 is 23.5 Å². The Hall–Kier alpha value is -1.10. The van der Waals surface area contributed by atoms with Gasteiger partial charge in [-0.3, -0.25) is 0 Å². The quantitative estimate of drug-likeness (QED) is 0.107. The number of halogens is 1. The molecule has 5 nitrogen and oxygen atoms in total. The second-order valence-electron chi connectivity index (χ2n) is 12.7. The van der Waals surface area contributed by atoms with Crippen molar-refractivity contribution in [1.29, 1.82) is 0 Å². The van der Waals surface area contributed by atoms with E-state index >= 15 is 0 Å². The number of aromatic nitrogens is 3. The molecule has 0 N–H and O–H groups in total. The van der Waals surface area contributed by atoms with Gasteiger partial charge in [0.05, 0.1) is 0 Å². The molecule has 1 heterocycles. The monoisotopic (exact) mass is 594 g/mol. The molecule has 6 heteroatoms. The molecule has 0 aliphatic carbocycles. The molecule has 0 radical (unpaired) electrons. The van der Waals surface area contributed by atoms with E-state index in [1.54, 1.807) is 0 Å². The third-order valence-electron chi connectivity index (χ3n) is 9.24. The van der Waals surface area contributed by atoms with Crippen molar-refractivity contribution in [2.45, 2.75) is 158 Å². The van der Waals surface area contributed by atoms with E-state index in [2.05, 4.69) is 65.2 Å². The van der Waals surface area contributed by atoms with Crippen molar-refractivity contribution in [3.8, 4) is 0 Å². The second kappa shape index (κ2) is 23.4. The van der Waals surface area contributed by atoms with Crippen LogP contribution in [0.5, 0.6) is 0 Å². The smallest absolute Gasteiger partial charge is 0.231 e. The van der Waals surface area contributed by atoms with Crippen LogP contribution in [0.1, 0.15) is 158 Å². The molecule has 240 valence electrons. The van der Waals surface area contributed by atoms with Crippen molar-refractivity contribution in [3.63, 3.8) is 0 Å². The molecule has 0 aliphatic heterocycles. The Morgan fingerprint density at radius 1 is 0.463 bits per heavy atom. The van der Waals surface area contributed by atoms with Crippen molar-refractivity contribution in [2.75, 3.05) is 36.0 Å². The van der Waals surface area contributed by atoms with Crippen molar-refractivity contribution in [3.05, 3.63) is 5.28 Å². The molecular formula is C35H68ClN5. The lowest BCUT2D eigenvalue weighted by Crippen LogP contribution is -2.38. The number of nitrogens with zero attached hydrogens (tertiary/aromatic N) is 5. The van der Waals surface area contributed by atoms with Gasteiger partial charge in [-0.2, -0.15) is 15.0 Å². The molecule has 0 saturated carbocycles. The molecule has 1 aromatic rings. The summed E-state index contributed by atoms with van der Waals surface area (Å²) in [6.07, 6.45) is 19.9. The molecule has 0 amide bonds. The first-order valence-electron chi connectivity index (χ1n) is 17.8. The Balaban J connectivity index is 3.46. The number of rotatable bonds is 26. The second-order valence-corrected chi connectivity index (χ2v) is 13.0. The van der Waals surface area contributed by atoms with Crippen LogP contribution in [-0.2, 0) is 0 Å². The van der Waals surface area contributed by atoms with Gasteiger partial charge < -0.3 is 9.80 Å². The molecule has 0 spiro atoms. The van der Waals surface area contributed by atoms with Crippen LogP contribution in [0, 0.1) is 23.7 Å². The zero-order chi connectivity index (χ0) is 30.5. The predicted molar refractivity (Wildman–Crippen MR) is 182 cm³/mol. The molecule has 1 rings (SSSR count). The van der Waals surface area contributed by atoms with Crippen molar-refractivity contribution in [2.24, 2.45) is 23.7 Å². The summed E-state index contributed by atoms with van der Waals surface area (Å²) < 4.78 is 0. The molecule has 41 heavy (non-hydrogen) atoms. The summed E-state index contributed by atoms with van der Waals surface area (Å²) in [7, 11) is 0. The van der Waals surface area contributed by atoms with E-state index in [9.17, 15) is 0 Å². The third-order valence-corrected chi connectivity index (χ3v) is 9.41. The fourth-order valence-corrected chi connectivity index (χ4v) is 6.16. The van der Waals surface area contributed by atoms with Gasteiger partial charge >= 0.3 is 0 Å². The van der Waals surface area contributed by atoms with E-state index in [4.69, 9.17) is 26.6 Å². The summed E-state index contributed by atoms with van der Waals surface area (Å²) in [6.45, 7) is 22.5. The first-order chi connectivity index (χ1) is 19.9. The average Bonchev–Trinajstić information content (AvgIpc) is 2.99. The lowest BCUT2D eigenvalue weighted by atomic mass is 9.96. The van der Waals surface area contributed by atoms with Crippen LogP contribution in [0.3, 0.4) is 0 Å². The normalized spacial score (nSPS) is 14.6. The summed E-state index contributed by atoms with van der Waals surface area (Å²) in [5.74, 6) is 4.16. The van der Waals surface area contributed by atoms with Gasteiger partial charge in [0, 0.05) is 26.2 Å². The van der Waals surface area contributed by atoms with Crippen LogP contribution < -0.4 is 9.80 Å². The Bertz CT molecular complexity index is 666. The van der Waals surface area contributed by atoms with Gasteiger partial charge in [0.25, 0.3) is 0 Å². The maximum Gasteiger partial charge on any atom is 0.231 e. The largest absolute Gasteiger partial charge is 0.340 e. The zero-order valence-corrected chi connectivity index (χ0v) is 29.3. The number of unbranched alkanes of at least 4 members (excludes halogenated alkanes) is 4. The summed E-state index contributed by atoms with van der Waals surface area (Å²) in [4.78, 5) is 19.8. The highest BCUT2D eigenvalue weighted by molar-refractivity contribution is 6.28. The van der Waals surface area contributed by atoms with Crippen LogP contribution in [0.15, 0.2) is 0 Å². The zero-order valence-electron chi connectivity index (χ0n) is 28.6. The highest BCUT2D eigenvalue weighted by atomic mass is 35.5. The van der Waals surface area contributed by atoms with Gasteiger partial charge in [-0.05, 0) is 61.0 Å². The summed E-state index contributed by atoms with van der Waals surface area (Å²) >= 11 is 6.74. The van der Waals surface area contributed by atoms with E-state index < -0.39 is 0 Å². The molecule has 4 unspecified atom stereocenters. The summed E-state index contributed by atoms with van der Waals surface area (Å²) in [6, 6.07) is 0. The molecule has 0 aromatic carbocycles. The van der Waals surface area contributed by atoms with E-state index in [0.29, 0.717) is 29.0 Å². The van der Waals surface area contributed by atoms with E-state index in [1.165, 1.54) is 103 Å². The van der Waals surface area contributed by atoms with Crippen LogP contribution in [-0.4, -0.2) is 41.1 Å². The molecule has 0 fully saturated rings. The Morgan fingerprint density at radius 2 is 0.732 bits per heavy atom. The molecule has 0 bridgehead atoms. The van der Waals surface area contributed by atoms with Crippen LogP contribution in [0.25, 0.3) is 0 Å². The van der Waals surface area contributed by atoms with Gasteiger partial charge in [-0.25, -0.2) is 0 Å². The van der Waals surface area contributed by atoms with Crippen LogP contribution >= 0.6 is 11.6 Å². The highest BCUT2D eigenvalue weighted by Crippen LogP contribution is 2.27. The maximum atomic E-state index is 6.74. The summed E-state index contributed by atoms with van der Waals surface area (Å²) in [5.41, 5.74) is 0. The number of anilines is 2. The van der Waals surface area contributed by atoms with E-state index in [1.807, 2.05) is 0 Å². The van der Waals surface area contributed by atoms with Gasteiger partial charge in [-0.1, -0.05) is 132 Å². The first kappa shape index (κ1) is 37.9. The minimum absolute atomic E-state index is 0.339. The predicted octanol–water partition coefficient (Wildman–Crippen LogP) is 11.0. The summed E-state index contributed by atoms with van der Waals surface area (Å²) in [5, 5.41) is 0.339. The fourth-order valence-electron chi connectivity index (χ4n) is 6.00. The van der Waals surface area contributed by atoms with Crippen LogP contribution in [0.4, 0.5) is 11.9 Å². The lowest BCUT2D eigenvalue weighted by molar-refractivity contribution is 0.396. The average molecular weight is 594 g/mol. The Labute approximate surface area is 261 Å². The Morgan fingerprint density at radius 3 is 0.951 bits per heavy atom. The highest BCUT2D eigenvalue weighted by Gasteiger charge is 2.24. The molecule has 1 aromatic heterocycles. The number of hydrogen-bond donors (Lipinski definition) is 0. The van der Waals surface area contributed by atoms with Crippen LogP contribution in [0.2, 0.25) is 5.28 Å². The van der Waals surface area contributed by atoms with Gasteiger partial charge in [-0.15, -0.1) is 0 Å². The maximum absolute atomic E-state index is 6.74. The minimum atomic E-state index is 0.339. The van der Waals surface area contributed by atoms with Crippen molar-refractivity contribution in [1.82, 2.24) is 15.0 Å². The minimum Gasteiger partial charge on any atom is -0.340 e. The van der Waals surface area contributed by atoms with Crippen molar-refractivity contribution < 1.29 is 0 Å². The molecule has 0 saturated heterocycles.